The second-order valence-electron chi connectivity index (χ2n) is 6.99. The second kappa shape index (κ2) is 7.83. The van der Waals surface area contributed by atoms with Crippen LogP contribution in [0.15, 0.2) is 54.6 Å². The first-order valence-corrected chi connectivity index (χ1v) is 9.67. The number of aromatic nitrogens is 3. The number of carbonyl (C=O) groups is 1. The van der Waals surface area contributed by atoms with Crippen molar-refractivity contribution in [2.24, 2.45) is 0 Å². The highest BCUT2D eigenvalue weighted by Crippen LogP contribution is 2.33. The average molecular weight is 388 g/mol. The highest BCUT2D eigenvalue weighted by atomic mass is 16.5. The van der Waals surface area contributed by atoms with E-state index in [1.165, 1.54) is 0 Å². The number of anilines is 1. The number of aryl methyl sites for hydroxylation is 2. The van der Waals surface area contributed by atoms with Crippen molar-refractivity contribution < 1.29 is 9.53 Å². The van der Waals surface area contributed by atoms with Crippen molar-refractivity contribution in [1.29, 1.82) is 0 Å². The molecule has 0 saturated heterocycles. The molecule has 6 heteroatoms. The minimum absolute atomic E-state index is 0.0879. The average Bonchev–Trinajstić information content (AvgIpc) is 3.33. The maximum atomic E-state index is 12.4. The van der Waals surface area contributed by atoms with Crippen LogP contribution in [0.4, 0.5) is 5.82 Å². The predicted molar refractivity (Wildman–Crippen MR) is 115 cm³/mol. The lowest BCUT2D eigenvalue weighted by Gasteiger charge is -2.06. The number of fused-ring (bicyclic) bond motifs is 1. The van der Waals surface area contributed by atoms with Gasteiger partial charge in [-0.15, -0.1) is 0 Å². The lowest BCUT2D eigenvalue weighted by Crippen LogP contribution is -2.15. The van der Waals surface area contributed by atoms with Gasteiger partial charge in [0.25, 0.3) is 0 Å². The van der Waals surface area contributed by atoms with Crippen LogP contribution in [0.3, 0.4) is 0 Å². The molecule has 0 spiro atoms. The van der Waals surface area contributed by atoms with E-state index < -0.39 is 0 Å². The Morgan fingerprint density at radius 3 is 2.76 bits per heavy atom. The molecule has 2 aromatic carbocycles. The van der Waals surface area contributed by atoms with Crippen LogP contribution in [0, 0.1) is 6.92 Å². The molecule has 0 aliphatic heterocycles. The fourth-order valence-corrected chi connectivity index (χ4v) is 3.68. The first-order chi connectivity index (χ1) is 14.1. The third-order valence-corrected chi connectivity index (χ3v) is 5.18. The van der Waals surface area contributed by atoms with Gasteiger partial charge in [0.05, 0.1) is 30.4 Å². The van der Waals surface area contributed by atoms with Crippen LogP contribution >= 0.6 is 0 Å². The third kappa shape index (κ3) is 3.61. The number of nitrogens with one attached hydrogen (secondary N) is 2. The predicted octanol–water partition coefficient (Wildman–Crippen LogP) is 4.55. The molecule has 0 aliphatic rings. The molecular formula is C23H24N4O2. The van der Waals surface area contributed by atoms with Gasteiger partial charge >= 0.3 is 0 Å². The third-order valence-electron chi connectivity index (χ3n) is 5.18. The fraction of sp³-hybridized carbons (Fsp3) is 0.217. The molecule has 0 fully saturated rings. The number of aromatic amines is 1. The van der Waals surface area contributed by atoms with E-state index in [1.54, 1.807) is 7.11 Å². The topological polar surface area (TPSA) is 71.9 Å². The highest BCUT2D eigenvalue weighted by Gasteiger charge is 2.15. The van der Waals surface area contributed by atoms with Gasteiger partial charge < -0.3 is 14.6 Å². The van der Waals surface area contributed by atoms with Gasteiger partial charge in [0.15, 0.2) is 5.82 Å². The van der Waals surface area contributed by atoms with Gasteiger partial charge in [0, 0.05) is 18.0 Å². The van der Waals surface area contributed by atoms with Crippen LogP contribution < -0.4 is 10.1 Å². The molecular weight excluding hydrogens is 364 g/mol. The Balaban J connectivity index is 1.59. The monoisotopic (exact) mass is 388 g/mol. The zero-order valence-electron chi connectivity index (χ0n) is 16.8. The molecule has 0 aliphatic carbocycles. The molecule has 2 N–H and O–H groups in total. The minimum Gasteiger partial charge on any atom is -0.496 e. The zero-order chi connectivity index (χ0) is 20.4. The van der Waals surface area contributed by atoms with Crippen molar-refractivity contribution in [1.82, 2.24) is 14.8 Å². The quantitative estimate of drug-likeness (QED) is 0.509. The molecule has 6 nitrogen and oxygen atoms in total. The van der Waals surface area contributed by atoms with Crippen molar-refractivity contribution in [3.8, 4) is 17.1 Å². The summed E-state index contributed by atoms with van der Waals surface area (Å²) in [6.07, 6.45) is 0.321. The Labute approximate surface area is 169 Å². The molecule has 0 atom stereocenters. The second-order valence-corrected chi connectivity index (χ2v) is 6.99. The minimum atomic E-state index is -0.0879. The number of rotatable bonds is 6. The fourth-order valence-electron chi connectivity index (χ4n) is 3.68. The Kier molecular flexibility index (Phi) is 5.08. The van der Waals surface area contributed by atoms with Crippen LogP contribution in [-0.2, 0) is 17.8 Å². The first-order valence-electron chi connectivity index (χ1n) is 9.67. The smallest absolute Gasteiger partial charge is 0.230 e. The summed E-state index contributed by atoms with van der Waals surface area (Å²) in [4.78, 5) is 12.4. The molecule has 29 heavy (non-hydrogen) atoms. The molecule has 4 aromatic rings. The summed E-state index contributed by atoms with van der Waals surface area (Å²) < 4.78 is 7.70. The SMILES string of the molecule is CCn1c(-c2cc(NC(=O)Cc3ccccc3C)n[nH]2)cc2c(OC)cccc21. The number of carbonyl (C=O) groups excluding carboxylic acids is 1. The van der Waals surface area contributed by atoms with Crippen molar-refractivity contribution >= 4 is 22.6 Å². The van der Waals surface area contributed by atoms with Gasteiger partial charge in [-0.25, -0.2) is 0 Å². The summed E-state index contributed by atoms with van der Waals surface area (Å²) in [5.74, 6) is 1.26. The standard InChI is InChI=1S/C23H24N4O2/c1-4-27-19-10-7-11-21(29-3)17(19)13-20(27)18-14-22(26-25-18)24-23(28)12-16-9-6-5-8-15(16)2/h5-11,13-14H,4,12H2,1-3H3,(H2,24,25,26,28). The van der Waals surface area contributed by atoms with Crippen LogP contribution in [0.5, 0.6) is 5.75 Å². The largest absolute Gasteiger partial charge is 0.496 e. The summed E-state index contributed by atoms with van der Waals surface area (Å²) in [6, 6.07) is 17.9. The van der Waals surface area contributed by atoms with Crippen molar-refractivity contribution in [3.05, 3.63) is 65.7 Å². The van der Waals surface area contributed by atoms with E-state index in [9.17, 15) is 4.79 Å². The Morgan fingerprint density at radius 2 is 2.00 bits per heavy atom. The summed E-state index contributed by atoms with van der Waals surface area (Å²) >= 11 is 0. The molecule has 1 amide bonds. The van der Waals surface area contributed by atoms with E-state index in [0.29, 0.717) is 12.2 Å². The number of amides is 1. The molecule has 2 aromatic heterocycles. The summed E-state index contributed by atoms with van der Waals surface area (Å²) in [6.45, 7) is 4.91. The van der Waals surface area contributed by atoms with Gasteiger partial charge in [-0.3, -0.25) is 9.89 Å². The van der Waals surface area contributed by atoms with Crippen molar-refractivity contribution in [2.75, 3.05) is 12.4 Å². The van der Waals surface area contributed by atoms with Crippen LogP contribution in [0.1, 0.15) is 18.1 Å². The zero-order valence-corrected chi connectivity index (χ0v) is 16.8. The molecule has 0 bridgehead atoms. The van der Waals surface area contributed by atoms with Crippen molar-refractivity contribution in [3.63, 3.8) is 0 Å². The number of methoxy groups -OCH3 is 1. The normalized spacial score (nSPS) is 11.0. The van der Waals surface area contributed by atoms with E-state index >= 15 is 0 Å². The number of hydrogen-bond donors (Lipinski definition) is 2. The maximum Gasteiger partial charge on any atom is 0.230 e. The molecule has 0 saturated carbocycles. The lowest BCUT2D eigenvalue weighted by molar-refractivity contribution is -0.115. The van der Waals surface area contributed by atoms with Crippen LogP contribution in [0.25, 0.3) is 22.3 Å². The van der Waals surface area contributed by atoms with E-state index in [0.717, 1.165) is 45.7 Å². The van der Waals surface area contributed by atoms with Gasteiger partial charge in [0.2, 0.25) is 5.91 Å². The number of H-pyrrole nitrogens is 1. The first kappa shape index (κ1) is 18.8. The molecule has 2 heterocycles. The van der Waals surface area contributed by atoms with Gasteiger partial charge in [-0.2, -0.15) is 5.10 Å². The Morgan fingerprint density at radius 1 is 1.17 bits per heavy atom. The summed E-state index contributed by atoms with van der Waals surface area (Å²) in [5.41, 5.74) is 5.06. The Hall–Kier alpha value is -3.54. The number of nitrogens with zero attached hydrogens (tertiary/aromatic N) is 2. The lowest BCUT2D eigenvalue weighted by atomic mass is 10.1. The molecule has 148 valence electrons. The van der Waals surface area contributed by atoms with Crippen molar-refractivity contribution in [2.45, 2.75) is 26.8 Å². The van der Waals surface area contributed by atoms with E-state index in [4.69, 9.17) is 4.74 Å². The van der Waals surface area contributed by atoms with E-state index in [1.807, 2.05) is 49.4 Å². The van der Waals surface area contributed by atoms with Gasteiger partial charge in [-0.05, 0) is 43.2 Å². The van der Waals surface area contributed by atoms with E-state index in [-0.39, 0.29) is 5.91 Å². The van der Waals surface area contributed by atoms with Crippen LogP contribution in [-0.4, -0.2) is 27.8 Å². The molecule has 0 unspecified atom stereocenters. The number of ether oxygens (including phenoxy) is 1. The number of benzene rings is 2. The molecule has 0 radical (unpaired) electrons. The highest BCUT2D eigenvalue weighted by molar-refractivity contribution is 5.93. The van der Waals surface area contributed by atoms with E-state index in [2.05, 4.69) is 39.1 Å². The Bertz CT molecular complexity index is 1170. The molecule has 4 rings (SSSR count). The summed E-state index contributed by atoms with van der Waals surface area (Å²) in [7, 11) is 1.68. The maximum absolute atomic E-state index is 12.4. The van der Waals surface area contributed by atoms with Gasteiger partial charge in [0.1, 0.15) is 5.75 Å². The number of hydrogen-bond acceptors (Lipinski definition) is 3. The summed E-state index contributed by atoms with van der Waals surface area (Å²) in [5, 5.41) is 11.3. The van der Waals surface area contributed by atoms with Gasteiger partial charge in [-0.1, -0.05) is 30.3 Å². The van der Waals surface area contributed by atoms with Crippen LogP contribution in [0.2, 0.25) is 0 Å².